The average Bonchev–Trinajstić information content (AvgIpc) is 3.65. The van der Waals surface area contributed by atoms with Gasteiger partial charge in [-0.15, -0.1) is 0 Å². The highest BCUT2D eigenvalue weighted by molar-refractivity contribution is 8.07. The van der Waals surface area contributed by atoms with Crippen LogP contribution in [0.2, 0.25) is 0 Å². The largest absolute Gasteiger partial charge is 0.387 e. The van der Waals surface area contributed by atoms with Gasteiger partial charge in [-0.3, -0.25) is 32.8 Å². The van der Waals surface area contributed by atoms with Crippen LogP contribution in [0.25, 0.3) is 21.9 Å². The second-order valence-corrected chi connectivity index (χ2v) is 16.3. The number of fused-ring (bicyclic) bond motifs is 5. The Morgan fingerprint density at radius 1 is 0.913 bits per heavy atom. The number of benzene rings is 1. The second-order valence-electron chi connectivity index (χ2n) is 10.7. The van der Waals surface area contributed by atoms with Crippen molar-refractivity contribution in [2.45, 2.75) is 49.1 Å². The number of anilines is 1. The molecule has 2 bridgehead atoms. The standard InChI is InChI=1S/C24H26N6O12P2S2/c25-24-27-19-14(20(33)28-24)26-9-30(19)23-18-15(31)12(39-23)7-37-43(35,45)41-17-13(8-38-44(36,46)42-18)40-22(16(17)32)29-6-5-10-3-1-2-4-11(10)21(29)34/h1-6,9,12-13,15-18,22-23,31-32H,7-8H2,(H,35,45)(H,36,46)(H3,25,27,28,33)/t12-,13-,15-,16-,17-,18-,22-,23-,43?,44?/m1/s1. The molecule has 3 fully saturated rings. The number of rotatable bonds is 2. The molecule has 0 radical (unpaired) electrons. The first-order valence-electron chi connectivity index (χ1n) is 13.6. The van der Waals surface area contributed by atoms with Gasteiger partial charge in [0.1, 0.15) is 36.6 Å². The lowest BCUT2D eigenvalue weighted by Crippen LogP contribution is -2.37. The summed E-state index contributed by atoms with van der Waals surface area (Å²) in [7, 11) is 0. The maximum Gasteiger partial charge on any atom is 0.325 e. The van der Waals surface area contributed by atoms with E-state index in [-0.39, 0.29) is 17.1 Å². The van der Waals surface area contributed by atoms with Gasteiger partial charge in [-0.25, -0.2) is 4.98 Å². The Labute approximate surface area is 267 Å². The van der Waals surface area contributed by atoms with Gasteiger partial charge < -0.3 is 44.3 Å². The molecule has 4 aromatic rings. The number of aromatic amines is 1. The lowest BCUT2D eigenvalue weighted by Gasteiger charge is -2.28. The van der Waals surface area contributed by atoms with Crippen LogP contribution in [0.1, 0.15) is 12.5 Å². The van der Waals surface area contributed by atoms with Gasteiger partial charge in [0, 0.05) is 11.6 Å². The minimum Gasteiger partial charge on any atom is -0.387 e. The number of ether oxygens (including phenoxy) is 2. The predicted octanol–water partition coefficient (Wildman–Crippen LogP) is -0.516. The molecule has 0 saturated carbocycles. The molecule has 7 rings (SSSR count). The topological polar surface area (TPSA) is 248 Å². The maximum atomic E-state index is 13.3. The van der Waals surface area contributed by atoms with Crippen molar-refractivity contribution in [2.24, 2.45) is 0 Å². The second kappa shape index (κ2) is 11.9. The van der Waals surface area contributed by atoms with Crippen LogP contribution in [0.4, 0.5) is 5.95 Å². The molecule has 18 nitrogen and oxygen atoms in total. The fraction of sp³-hybridized carbons (Fsp3) is 0.417. The molecule has 2 unspecified atom stereocenters. The number of hydrogen-bond donors (Lipinski definition) is 6. The highest BCUT2D eigenvalue weighted by Gasteiger charge is 2.52. The average molecular weight is 717 g/mol. The molecule has 10 atom stereocenters. The summed E-state index contributed by atoms with van der Waals surface area (Å²) in [4.78, 5) is 58.2. The molecule has 22 heteroatoms. The third-order valence-corrected chi connectivity index (χ3v) is 10.9. The van der Waals surface area contributed by atoms with Gasteiger partial charge in [0.25, 0.3) is 11.1 Å². The molecule has 3 aliphatic heterocycles. The van der Waals surface area contributed by atoms with Crippen molar-refractivity contribution >= 4 is 64.9 Å². The number of aromatic nitrogens is 5. The minimum atomic E-state index is -4.25. The van der Waals surface area contributed by atoms with Crippen LogP contribution >= 0.6 is 13.4 Å². The van der Waals surface area contributed by atoms with Crippen molar-refractivity contribution in [3.05, 3.63) is 63.6 Å². The summed E-state index contributed by atoms with van der Waals surface area (Å²) in [5, 5.41) is 23.5. The number of imidazole rings is 1. The Balaban J connectivity index is 1.21. The SMILES string of the molecule is Nc1nc2c(ncn2[C@@H]2O[C@@H]3COP(O)(=S)O[C@H]4[C@@H](O)[C@H](n5ccc6ccccc6c5=O)O[C@@H]4COP(O)(=S)O[C@@H]2[C@@H]3O)c(=O)[nH]1. The first-order valence-corrected chi connectivity index (χ1v) is 18.8. The smallest absolute Gasteiger partial charge is 0.325 e. The van der Waals surface area contributed by atoms with Gasteiger partial charge in [-0.2, -0.15) is 4.98 Å². The van der Waals surface area contributed by atoms with Crippen molar-refractivity contribution in [1.82, 2.24) is 24.1 Å². The van der Waals surface area contributed by atoms with E-state index in [2.05, 4.69) is 15.0 Å². The summed E-state index contributed by atoms with van der Waals surface area (Å²) in [6, 6.07) is 8.51. The fourth-order valence-electron chi connectivity index (χ4n) is 5.65. The molecular weight excluding hydrogens is 690 g/mol. The van der Waals surface area contributed by atoms with Crippen molar-refractivity contribution in [3.63, 3.8) is 0 Å². The van der Waals surface area contributed by atoms with E-state index in [1.54, 1.807) is 30.3 Å². The van der Waals surface area contributed by atoms with Crippen molar-refractivity contribution in [2.75, 3.05) is 18.9 Å². The van der Waals surface area contributed by atoms with E-state index in [1.165, 1.54) is 17.1 Å². The lowest BCUT2D eigenvalue weighted by atomic mass is 10.1. The van der Waals surface area contributed by atoms with Gasteiger partial charge in [0.15, 0.2) is 23.6 Å². The van der Waals surface area contributed by atoms with Crippen LogP contribution in [0.3, 0.4) is 0 Å². The van der Waals surface area contributed by atoms with E-state index in [0.717, 1.165) is 4.57 Å². The van der Waals surface area contributed by atoms with Crippen LogP contribution in [0, 0.1) is 0 Å². The molecule has 46 heavy (non-hydrogen) atoms. The lowest BCUT2D eigenvalue weighted by molar-refractivity contribution is -0.0618. The van der Waals surface area contributed by atoms with Gasteiger partial charge in [-0.1, -0.05) is 18.2 Å². The molecule has 6 heterocycles. The maximum absolute atomic E-state index is 13.3. The Morgan fingerprint density at radius 2 is 1.59 bits per heavy atom. The molecule has 246 valence electrons. The molecule has 1 aromatic carbocycles. The summed E-state index contributed by atoms with van der Waals surface area (Å²) in [6.07, 6.45) is -8.49. The fourth-order valence-corrected chi connectivity index (χ4v) is 8.50. The third-order valence-electron chi connectivity index (χ3n) is 7.78. The number of nitrogens with one attached hydrogen (secondary N) is 1. The van der Waals surface area contributed by atoms with Gasteiger partial charge in [0.2, 0.25) is 5.95 Å². The summed E-state index contributed by atoms with van der Waals surface area (Å²) in [6.45, 7) is -9.57. The first-order chi connectivity index (χ1) is 21.8. The van der Waals surface area contributed by atoms with E-state index in [0.29, 0.717) is 10.8 Å². The van der Waals surface area contributed by atoms with E-state index in [1.807, 2.05) is 0 Å². The number of pyridine rings is 1. The Hall–Kier alpha value is -2.52. The molecule has 0 spiro atoms. The number of H-pyrrole nitrogens is 1. The summed E-state index contributed by atoms with van der Waals surface area (Å²) in [5.41, 5.74) is 4.49. The van der Waals surface area contributed by atoms with E-state index in [9.17, 15) is 29.6 Å². The zero-order valence-electron chi connectivity index (χ0n) is 23.2. The van der Waals surface area contributed by atoms with Gasteiger partial charge in [-0.05, 0) is 41.1 Å². The number of aliphatic hydroxyl groups is 2. The molecule has 7 N–H and O–H groups in total. The van der Waals surface area contributed by atoms with Crippen LogP contribution in [0.15, 0.2) is 52.4 Å². The van der Waals surface area contributed by atoms with Gasteiger partial charge in [0.05, 0.1) is 19.5 Å². The van der Waals surface area contributed by atoms with E-state index >= 15 is 0 Å². The molecular formula is C24H26N6O12P2S2. The highest BCUT2D eigenvalue weighted by atomic mass is 32.5. The summed E-state index contributed by atoms with van der Waals surface area (Å²) >= 11 is 10.5. The minimum absolute atomic E-state index is 0.0244. The van der Waals surface area contributed by atoms with Crippen LogP contribution in [0.5, 0.6) is 0 Å². The molecule has 0 aliphatic carbocycles. The van der Waals surface area contributed by atoms with E-state index < -0.39 is 86.8 Å². The normalized spacial score (nSPS) is 37.0. The summed E-state index contributed by atoms with van der Waals surface area (Å²) < 4.78 is 36.9. The monoisotopic (exact) mass is 716 g/mol. The van der Waals surface area contributed by atoms with E-state index in [4.69, 9.17) is 56.9 Å². The molecule has 0 amide bonds. The number of nitrogens with two attached hydrogens (primary N) is 1. The van der Waals surface area contributed by atoms with Crippen molar-refractivity contribution in [3.8, 4) is 0 Å². The zero-order valence-corrected chi connectivity index (χ0v) is 26.6. The Bertz CT molecular complexity index is 2040. The summed E-state index contributed by atoms with van der Waals surface area (Å²) in [5.74, 6) is -0.219. The molecule has 3 aliphatic rings. The number of nitrogens with zero attached hydrogens (tertiary/aromatic N) is 4. The van der Waals surface area contributed by atoms with Gasteiger partial charge >= 0.3 is 13.4 Å². The van der Waals surface area contributed by atoms with Crippen molar-refractivity contribution < 1.29 is 47.6 Å². The number of aliphatic hydroxyl groups excluding tert-OH is 2. The van der Waals surface area contributed by atoms with Crippen LogP contribution < -0.4 is 16.9 Å². The quantitative estimate of drug-likeness (QED) is 0.143. The van der Waals surface area contributed by atoms with Crippen molar-refractivity contribution in [1.29, 1.82) is 0 Å². The molecule has 3 aromatic heterocycles. The Kier molecular flexibility index (Phi) is 8.27. The number of nitrogen functional groups attached to an aromatic ring is 1. The Morgan fingerprint density at radius 3 is 2.35 bits per heavy atom. The van der Waals surface area contributed by atoms with Crippen LogP contribution in [-0.2, 0) is 51.2 Å². The highest BCUT2D eigenvalue weighted by Crippen LogP contribution is 2.53. The molecule has 3 saturated heterocycles. The predicted molar refractivity (Wildman–Crippen MR) is 165 cm³/mol. The third kappa shape index (κ3) is 5.78. The van der Waals surface area contributed by atoms with Crippen LogP contribution in [-0.4, -0.2) is 93.9 Å². The first kappa shape index (κ1) is 32.0. The number of hydrogen-bond acceptors (Lipinski definition) is 15. The zero-order chi connectivity index (χ0) is 32.5.